The van der Waals surface area contributed by atoms with Crippen molar-refractivity contribution < 1.29 is 9.47 Å². The highest BCUT2D eigenvalue weighted by atomic mass is 16.5. The molecule has 3 aromatic rings. The first-order valence-electron chi connectivity index (χ1n) is 8.67. The van der Waals surface area contributed by atoms with Crippen LogP contribution in [0.3, 0.4) is 0 Å². The van der Waals surface area contributed by atoms with E-state index in [1.807, 2.05) is 24.4 Å². The van der Waals surface area contributed by atoms with Gasteiger partial charge < -0.3 is 14.5 Å². The average molecular weight is 337 g/mol. The van der Waals surface area contributed by atoms with Crippen molar-refractivity contribution in [3.8, 4) is 11.5 Å². The highest BCUT2D eigenvalue weighted by molar-refractivity contribution is 5.76. The number of likely N-dealkylation sites (tertiary alicyclic amines) is 1. The van der Waals surface area contributed by atoms with Crippen LogP contribution in [0.25, 0.3) is 11.0 Å². The van der Waals surface area contributed by atoms with Gasteiger partial charge in [-0.1, -0.05) is 6.07 Å². The molecule has 2 aromatic heterocycles. The lowest BCUT2D eigenvalue weighted by Crippen LogP contribution is -2.23. The summed E-state index contributed by atoms with van der Waals surface area (Å²) in [6.45, 7) is 1.95. The van der Waals surface area contributed by atoms with Gasteiger partial charge in [-0.05, 0) is 43.7 Å². The van der Waals surface area contributed by atoms with Crippen molar-refractivity contribution in [3.05, 3.63) is 53.9 Å². The molecule has 0 aliphatic carbocycles. The number of methoxy groups -OCH3 is 2. The molecule has 4 rings (SSSR count). The van der Waals surface area contributed by atoms with Crippen LogP contribution in [0.4, 0.5) is 0 Å². The summed E-state index contributed by atoms with van der Waals surface area (Å²) in [6.07, 6.45) is 4.19. The molecule has 1 fully saturated rings. The summed E-state index contributed by atoms with van der Waals surface area (Å²) in [4.78, 5) is 10.4. The minimum atomic E-state index is 0.390. The summed E-state index contributed by atoms with van der Waals surface area (Å²) in [5.74, 6) is 1.70. The normalized spacial score (nSPS) is 17.9. The minimum Gasteiger partial charge on any atom is -0.497 e. The number of rotatable bonds is 5. The lowest BCUT2D eigenvalue weighted by molar-refractivity contribution is 0.241. The van der Waals surface area contributed by atoms with Crippen LogP contribution in [0.2, 0.25) is 0 Å². The highest BCUT2D eigenvalue weighted by Gasteiger charge is 2.28. The molecule has 0 bridgehead atoms. The van der Waals surface area contributed by atoms with E-state index in [1.54, 1.807) is 14.2 Å². The second kappa shape index (κ2) is 6.76. The van der Waals surface area contributed by atoms with E-state index in [0.29, 0.717) is 6.04 Å². The quantitative estimate of drug-likeness (QED) is 0.767. The van der Waals surface area contributed by atoms with Crippen LogP contribution in [0.1, 0.15) is 30.1 Å². The Morgan fingerprint density at radius 2 is 2.12 bits per heavy atom. The molecule has 0 unspecified atom stereocenters. The first-order chi connectivity index (χ1) is 12.3. The van der Waals surface area contributed by atoms with Gasteiger partial charge in [-0.2, -0.15) is 0 Å². The predicted octanol–water partition coefficient (Wildman–Crippen LogP) is 3.92. The molecule has 1 aromatic carbocycles. The van der Waals surface area contributed by atoms with Gasteiger partial charge in [0, 0.05) is 35.5 Å². The van der Waals surface area contributed by atoms with Gasteiger partial charge in [-0.3, -0.25) is 4.90 Å². The van der Waals surface area contributed by atoms with Gasteiger partial charge in [0.2, 0.25) is 0 Å². The fraction of sp³-hybridized carbons (Fsp3) is 0.350. The number of ether oxygens (including phenoxy) is 2. The van der Waals surface area contributed by atoms with E-state index in [2.05, 4.69) is 33.1 Å². The number of H-pyrrole nitrogens is 1. The second-order valence-corrected chi connectivity index (χ2v) is 6.47. The molecule has 3 heterocycles. The Morgan fingerprint density at radius 3 is 2.92 bits per heavy atom. The first-order valence-corrected chi connectivity index (χ1v) is 8.67. The molecular formula is C20H23N3O2. The number of hydrogen-bond acceptors (Lipinski definition) is 4. The fourth-order valence-corrected chi connectivity index (χ4v) is 3.73. The van der Waals surface area contributed by atoms with Gasteiger partial charge in [0.1, 0.15) is 17.1 Å². The van der Waals surface area contributed by atoms with Gasteiger partial charge in [-0.25, -0.2) is 4.98 Å². The summed E-state index contributed by atoms with van der Waals surface area (Å²) in [5, 5.41) is 1.17. The molecule has 0 amide bonds. The van der Waals surface area contributed by atoms with Gasteiger partial charge in [0.05, 0.1) is 20.3 Å². The zero-order valence-corrected chi connectivity index (χ0v) is 14.7. The van der Waals surface area contributed by atoms with Crippen molar-refractivity contribution in [1.82, 2.24) is 14.9 Å². The first kappa shape index (κ1) is 16.0. The van der Waals surface area contributed by atoms with Crippen LogP contribution in [0, 0.1) is 0 Å². The summed E-state index contributed by atoms with van der Waals surface area (Å²) in [6, 6.07) is 12.8. The molecule has 0 saturated carbocycles. The second-order valence-electron chi connectivity index (χ2n) is 6.47. The Hall–Kier alpha value is -2.53. The Labute approximate surface area is 147 Å². The molecule has 1 aliphatic rings. The number of benzene rings is 1. The lowest BCUT2D eigenvalue weighted by Gasteiger charge is -2.24. The molecule has 1 atom stereocenters. The van der Waals surface area contributed by atoms with E-state index < -0.39 is 0 Å². The number of pyridine rings is 1. The number of nitrogens with one attached hydrogen (secondary N) is 1. The van der Waals surface area contributed by atoms with Gasteiger partial charge in [-0.15, -0.1) is 0 Å². The molecule has 1 aliphatic heterocycles. The predicted molar refractivity (Wildman–Crippen MR) is 98.0 cm³/mol. The van der Waals surface area contributed by atoms with Crippen molar-refractivity contribution >= 4 is 11.0 Å². The van der Waals surface area contributed by atoms with Crippen LogP contribution in [-0.4, -0.2) is 35.6 Å². The minimum absolute atomic E-state index is 0.390. The third kappa shape index (κ3) is 3.07. The third-order valence-electron chi connectivity index (χ3n) is 5.00. The maximum atomic E-state index is 5.56. The van der Waals surface area contributed by atoms with E-state index in [4.69, 9.17) is 9.47 Å². The van der Waals surface area contributed by atoms with Gasteiger partial charge >= 0.3 is 0 Å². The van der Waals surface area contributed by atoms with Crippen molar-refractivity contribution in [2.24, 2.45) is 0 Å². The van der Waals surface area contributed by atoms with E-state index >= 15 is 0 Å². The van der Waals surface area contributed by atoms with E-state index in [-0.39, 0.29) is 0 Å². The molecular weight excluding hydrogens is 314 g/mol. The molecule has 1 saturated heterocycles. The summed E-state index contributed by atoms with van der Waals surface area (Å²) < 4.78 is 10.9. The van der Waals surface area contributed by atoms with Crippen molar-refractivity contribution in [1.29, 1.82) is 0 Å². The Kier molecular flexibility index (Phi) is 4.32. The molecule has 1 N–H and O–H groups in total. The fourth-order valence-electron chi connectivity index (χ4n) is 3.73. The zero-order valence-electron chi connectivity index (χ0n) is 14.7. The topological polar surface area (TPSA) is 50.4 Å². The van der Waals surface area contributed by atoms with Gasteiger partial charge in [0.15, 0.2) is 0 Å². The van der Waals surface area contributed by atoms with Crippen LogP contribution >= 0.6 is 0 Å². The van der Waals surface area contributed by atoms with E-state index in [1.165, 1.54) is 23.1 Å². The molecule has 0 radical (unpaired) electrons. The SMILES string of the molecule is COc1ccc(CN2CCC[C@@H]2c2cc3cccnc3[nH]2)c(OC)c1. The average Bonchev–Trinajstić information content (AvgIpc) is 3.28. The Balaban J connectivity index is 1.59. The highest BCUT2D eigenvalue weighted by Crippen LogP contribution is 2.35. The monoisotopic (exact) mass is 337 g/mol. The van der Waals surface area contributed by atoms with Crippen LogP contribution in [-0.2, 0) is 6.54 Å². The number of hydrogen-bond donors (Lipinski definition) is 1. The summed E-state index contributed by atoms with van der Waals surface area (Å²) in [7, 11) is 3.39. The number of aromatic amines is 1. The van der Waals surface area contributed by atoms with Crippen LogP contribution in [0.5, 0.6) is 11.5 Å². The Bertz CT molecular complexity index is 841. The largest absolute Gasteiger partial charge is 0.497 e. The van der Waals surface area contributed by atoms with E-state index in [9.17, 15) is 0 Å². The van der Waals surface area contributed by atoms with Crippen molar-refractivity contribution in [2.75, 3.05) is 20.8 Å². The standard InChI is InChI=1S/C20H23N3O2/c1-24-16-8-7-15(19(12-16)25-2)13-23-10-4-6-18(23)17-11-14-5-3-9-21-20(14)22-17/h3,5,7-9,11-12,18H,4,6,10,13H2,1-2H3,(H,21,22)/t18-/m1/s1. The van der Waals surface area contributed by atoms with Crippen molar-refractivity contribution in [3.63, 3.8) is 0 Å². The maximum Gasteiger partial charge on any atom is 0.137 e. The molecule has 25 heavy (non-hydrogen) atoms. The maximum absolute atomic E-state index is 5.56. The zero-order chi connectivity index (χ0) is 17.2. The van der Waals surface area contributed by atoms with E-state index in [0.717, 1.165) is 36.7 Å². The number of fused-ring (bicyclic) bond motifs is 1. The molecule has 0 spiro atoms. The number of nitrogens with zero attached hydrogens (tertiary/aromatic N) is 2. The van der Waals surface area contributed by atoms with Crippen molar-refractivity contribution in [2.45, 2.75) is 25.4 Å². The third-order valence-corrected chi connectivity index (χ3v) is 5.00. The summed E-state index contributed by atoms with van der Waals surface area (Å²) in [5.41, 5.74) is 3.40. The van der Waals surface area contributed by atoms with Crippen LogP contribution in [0.15, 0.2) is 42.6 Å². The number of aromatic nitrogens is 2. The van der Waals surface area contributed by atoms with Gasteiger partial charge in [0.25, 0.3) is 0 Å². The van der Waals surface area contributed by atoms with Crippen LogP contribution < -0.4 is 9.47 Å². The molecule has 5 heteroatoms. The Morgan fingerprint density at radius 1 is 1.20 bits per heavy atom. The summed E-state index contributed by atoms with van der Waals surface area (Å²) >= 11 is 0. The smallest absolute Gasteiger partial charge is 0.137 e. The molecule has 130 valence electrons. The molecule has 5 nitrogen and oxygen atoms in total. The lowest BCUT2D eigenvalue weighted by atomic mass is 10.1.